The molecule has 0 aliphatic heterocycles. The molecular formula is C5H6F5. The Kier molecular flexibility index (Phi) is 2.62. The quantitative estimate of drug-likeness (QED) is 0.546. The summed E-state index contributed by atoms with van der Waals surface area (Å²) in [5, 5.41) is 0. The van der Waals surface area contributed by atoms with Crippen LogP contribution in [0.5, 0.6) is 0 Å². The lowest BCUT2D eigenvalue weighted by molar-refractivity contribution is -0.186. The molecule has 0 saturated carbocycles. The number of hydrogen-bond acceptors (Lipinski definition) is 0. The van der Waals surface area contributed by atoms with E-state index in [9.17, 15) is 22.0 Å². The van der Waals surface area contributed by atoms with Crippen molar-refractivity contribution < 1.29 is 22.0 Å². The van der Waals surface area contributed by atoms with Gasteiger partial charge in [0.2, 0.25) is 0 Å². The van der Waals surface area contributed by atoms with Crippen LogP contribution in [-0.4, -0.2) is 12.1 Å². The number of rotatable bonds is 2. The molecule has 0 aliphatic rings. The second-order valence-electron chi connectivity index (χ2n) is 1.90. The minimum absolute atomic E-state index is 1.02. The van der Waals surface area contributed by atoms with E-state index >= 15 is 0 Å². The summed E-state index contributed by atoms with van der Waals surface area (Å²) in [7, 11) is 0. The van der Waals surface area contributed by atoms with Crippen molar-refractivity contribution in [2.45, 2.75) is 24.9 Å². The molecule has 0 fully saturated rings. The van der Waals surface area contributed by atoms with Crippen LogP contribution in [0.15, 0.2) is 0 Å². The van der Waals surface area contributed by atoms with Gasteiger partial charge in [-0.1, -0.05) is 0 Å². The maximum atomic E-state index is 11.9. The van der Waals surface area contributed by atoms with Crippen LogP contribution >= 0.6 is 0 Å². The fourth-order valence-electron chi connectivity index (χ4n) is 0.382. The average Bonchev–Trinajstić information content (AvgIpc) is 1.60. The van der Waals surface area contributed by atoms with Crippen LogP contribution in [0.1, 0.15) is 12.8 Å². The average molecular weight is 161 g/mol. The van der Waals surface area contributed by atoms with Gasteiger partial charge < -0.3 is 0 Å². The molecule has 61 valence electrons. The maximum absolute atomic E-state index is 11.9. The van der Waals surface area contributed by atoms with E-state index in [1.165, 1.54) is 0 Å². The highest BCUT2D eigenvalue weighted by molar-refractivity contribution is 4.71. The third kappa shape index (κ3) is 4.52. The molecule has 0 heterocycles. The van der Waals surface area contributed by atoms with E-state index in [0.717, 1.165) is 0 Å². The van der Waals surface area contributed by atoms with Gasteiger partial charge in [0.25, 0.3) is 5.92 Å². The monoisotopic (exact) mass is 161 g/mol. The Balaban J connectivity index is 3.89. The van der Waals surface area contributed by atoms with Crippen molar-refractivity contribution >= 4 is 0 Å². The molecule has 0 aromatic carbocycles. The first kappa shape index (κ1) is 9.65. The summed E-state index contributed by atoms with van der Waals surface area (Å²) in [6.45, 7) is 2.69. The van der Waals surface area contributed by atoms with Crippen LogP contribution in [0.2, 0.25) is 0 Å². The molecule has 0 amide bonds. The Morgan fingerprint density at radius 3 is 1.50 bits per heavy atom. The van der Waals surface area contributed by atoms with Crippen molar-refractivity contribution in [3.63, 3.8) is 0 Å². The fraction of sp³-hybridized carbons (Fsp3) is 0.800. The summed E-state index contributed by atoms with van der Waals surface area (Å²) in [5.74, 6) is -3.71. The maximum Gasteiger partial charge on any atom is 0.394 e. The van der Waals surface area contributed by atoms with Crippen LogP contribution in [0.3, 0.4) is 0 Å². The van der Waals surface area contributed by atoms with Crippen molar-refractivity contribution in [1.29, 1.82) is 0 Å². The van der Waals surface area contributed by atoms with Gasteiger partial charge in [-0.25, -0.2) is 8.78 Å². The van der Waals surface area contributed by atoms with Crippen molar-refractivity contribution in [2.24, 2.45) is 0 Å². The zero-order valence-corrected chi connectivity index (χ0v) is 5.01. The fourth-order valence-corrected chi connectivity index (χ4v) is 0.382. The normalized spacial score (nSPS) is 13.8. The highest BCUT2D eigenvalue weighted by atomic mass is 19.4. The van der Waals surface area contributed by atoms with Gasteiger partial charge in [0.15, 0.2) is 0 Å². The Bertz CT molecular complexity index is 103. The van der Waals surface area contributed by atoms with Crippen molar-refractivity contribution in [2.75, 3.05) is 0 Å². The van der Waals surface area contributed by atoms with Crippen LogP contribution < -0.4 is 0 Å². The van der Waals surface area contributed by atoms with Gasteiger partial charge in [0.05, 0.1) is 0 Å². The highest BCUT2D eigenvalue weighted by Crippen LogP contribution is 2.33. The Morgan fingerprint density at radius 2 is 1.40 bits per heavy atom. The molecule has 0 saturated heterocycles. The van der Waals surface area contributed by atoms with Crippen LogP contribution in [0, 0.1) is 6.92 Å². The van der Waals surface area contributed by atoms with E-state index in [4.69, 9.17) is 0 Å². The Labute approximate surface area is 55.0 Å². The third-order valence-corrected chi connectivity index (χ3v) is 0.825. The first-order chi connectivity index (χ1) is 4.27. The van der Waals surface area contributed by atoms with Crippen LogP contribution in [0.25, 0.3) is 0 Å². The summed E-state index contributed by atoms with van der Waals surface area (Å²) >= 11 is 0. The summed E-state index contributed by atoms with van der Waals surface area (Å²) in [6.07, 6.45) is -7.91. The molecule has 5 heteroatoms. The predicted molar refractivity (Wildman–Crippen MR) is 25.6 cm³/mol. The van der Waals surface area contributed by atoms with Crippen molar-refractivity contribution in [3.8, 4) is 0 Å². The summed E-state index contributed by atoms with van der Waals surface area (Å²) in [5.41, 5.74) is 0. The van der Waals surface area contributed by atoms with E-state index in [2.05, 4.69) is 6.92 Å². The first-order valence-electron chi connectivity index (χ1n) is 2.51. The second-order valence-corrected chi connectivity index (χ2v) is 1.90. The molecular weight excluding hydrogens is 155 g/mol. The molecule has 0 nitrogen and oxygen atoms in total. The molecule has 0 spiro atoms. The van der Waals surface area contributed by atoms with Gasteiger partial charge in [-0.05, 0) is 6.92 Å². The third-order valence-electron chi connectivity index (χ3n) is 0.825. The number of halogens is 5. The van der Waals surface area contributed by atoms with E-state index < -0.39 is 24.9 Å². The minimum atomic E-state index is -4.80. The number of alkyl halides is 5. The smallest absolute Gasteiger partial charge is 0.207 e. The lowest BCUT2D eigenvalue weighted by Crippen LogP contribution is -2.24. The standard InChI is InChI=1S/C5H6F5/c1-2-4(6,7)3-5(8,9)10/h1-3H2. The zero-order chi connectivity index (χ0) is 8.41. The van der Waals surface area contributed by atoms with Gasteiger partial charge in [0, 0.05) is 6.42 Å². The molecule has 0 N–H and O–H groups in total. The Hall–Kier alpha value is -0.350. The van der Waals surface area contributed by atoms with E-state index in [0.29, 0.717) is 0 Å². The molecule has 0 unspecified atom stereocenters. The van der Waals surface area contributed by atoms with Gasteiger partial charge in [-0.15, -0.1) is 0 Å². The van der Waals surface area contributed by atoms with E-state index in [1.54, 1.807) is 0 Å². The zero-order valence-electron chi connectivity index (χ0n) is 5.01. The number of hydrogen-bond donors (Lipinski definition) is 0. The van der Waals surface area contributed by atoms with Crippen LogP contribution in [-0.2, 0) is 0 Å². The summed E-state index contributed by atoms with van der Waals surface area (Å²) in [4.78, 5) is 0. The van der Waals surface area contributed by atoms with Crippen LogP contribution in [0.4, 0.5) is 22.0 Å². The highest BCUT2D eigenvalue weighted by Gasteiger charge is 2.41. The molecule has 1 radical (unpaired) electrons. The lowest BCUT2D eigenvalue weighted by atomic mass is 10.2. The topological polar surface area (TPSA) is 0 Å². The SMILES string of the molecule is [CH2]CC(F)(F)CC(F)(F)F. The first-order valence-corrected chi connectivity index (χ1v) is 2.51. The van der Waals surface area contributed by atoms with Gasteiger partial charge in [-0.2, -0.15) is 13.2 Å². The Morgan fingerprint density at radius 1 is 1.00 bits per heavy atom. The summed E-state index contributed by atoms with van der Waals surface area (Å²) in [6, 6.07) is 0. The molecule has 0 aromatic rings. The lowest BCUT2D eigenvalue weighted by Gasteiger charge is -2.15. The van der Waals surface area contributed by atoms with E-state index in [-0.39, 0.29) is 0 Å². The van der Waals surface area contributed by atoms with Crippen molar-refractivity contribution in [1.82, 2.24) is 0 Å². The molecule has 0 bridgehead atoms. The van der Waals surface area contributed by atoms with Gasteiger partial charge in [-0.3, -0.25) is 0 Å². The minimum Gasteiger partial charge on any atom is -0.207 e. The van der Waals surface area contributed by atoms with E-state index in [1.807, 2.05) is 0 Å². The second kappa shape index (κ2) is 2.72. The summed E-state index contributed by atoms with van der Waals surface area (Å²) < 4.78 is 57.4. The molecule has 0 aliphatic carbocycles. The molecule has 0 atom stereocenters. The predicted octanol–water partition coefficient (Wildman–Crippen LogP) is 2.80. The van der Waals surface area contributed by atoms with Crippen molar-refractivity contribution in [3.05, 3.63) is 6.92 Å². The van der Waals surface area contributed by atoms with Gasteiger partial charge >= 0.3 is 6.18 Å². The molecule has 0 rings (SSSR count). The molecule has 10 heavy (non-hydrogen) atoms. The largest absolute Gasteiger partial charge is 0.394 e. The van der Waals surface area contributed by atoms with Gasteiger partial charge in [0.1, 0.15) is 6.42 Å². The molecule has 0 aromatic heterocycles.